The first-order valence-electron chi connectivity index (χ1n) is 10.3. The SMILES string of the molecule is CC(C)[C@H]1CN(CC=Cc2ccc(Cl)s2)C(=O)C(=O)N1Cc1ccc2c(N)ncnc2c1. The third kappa shape index (κ3) is 4.61. The van der Waals surface area contributed by atoms with Gasteiger partial charge in [0.15, 0.2) is 0 Å². The van der Waals surface area contributed by atoms with Gasteiger partial charge in [-0.1, -0.05) is 37.6 Å². The molecular formula is C23H24ClN5O2S. The number of halogens is 1. The number of nitrogens with zero attached hydrogens (tertiary/aromatic N) is 4. The Bertz CT molecular complexity index is 1190. The number of benzene rings is 1. The molecule has 2 aromatic heterocycles. The summed E-state index contributed by atoms with van der Waals surface area (Å²) in [5.74, 6) is -0.361. The molecule has 1 aromatic carbocycles. The summed E-state index contributed by atoms with van der Waals surface area (Å²) >= 11 is 7.43. The fourth-order valence-corrected chi connectivity index (χ4v) is 4.86. The van der Waals surface area contributed by atoms with Gasteiger partial charge in [0.25, 0.3) is 0 Å². The van der Waals surface area contributed by atoms with Gasteiger partial charge in [-0.25, -0.2) is 9.97 Å². The number of rotatable bonds is 6. The van der Waals surface area contributed by atoms with E-state index in [0.717, 1.165) is 15.8 Å². The fourth-order valence-electron chi connectivity index (χ4n) is 3.87. The summed E-state index contributed by atoms with van der Waals surface area (Å²) in [6, 6.07) is 9.32. The molecular weight excluding hydrogens is 446 g/mol. The van der Waals surface area contributed by atoms with Crippen LogP contribution >= 0.6 is 22.9 Å². The van der Waals surface area contributed by atoms with Crippen molar-refractivity contribution in [3.8, 4) is 0 Å². The highest BCUT2D eigenvalue weighted by Crippen LogP contribution is 2.25. The van der Waals surface area contributed by atoms with E-state index in [4.69, 9.17) is 17.3 Å². The second-order valence-corrected chi connectivity index (χ2v) is 9.86. The summed E-state index contributed by atoms with van der Waals surface area (Å²) in [4.78, 5) is 38.5. The van der Waals surface area contributed by atoms with Gasteiger partial charge < -0.3 is 15.5 Å². The second kappa shape index (κ2) is 9.26. The third-order valence-electron chi connectivity index (χ3n) is 5.59. The number of thiophene rings is 1. The van der Waals surface area contributed by atoms with Crippen LogP contribution in [0.2, 0.25) is 4.34 Å². The minimum Gasteiger partial charge on any atom is -0.383 e. The minimum atomic E-state index is -0.483. The van der Waals surface area contributed by atoms with Crippen molar-refractivity contribution in [3.63, 3.8) is 0 Å². The third-order valence-corrected chi connectivity index (χ3v) is 6.79. The van der Waals surface area contributed by atoms with Crippen LogP contribution in [0.1, 0.15) is 24.3 Å². The Morgan fingerprint density at radius 2 is 2.03 bits per heavy atom. The van der Waals surface area contributed by atoms with Gasteiger partial charge in [-0.2, -0.15) is 0 Å². The summed E-state index contributed by atoms with van der Waals surface area (Å²) in [5, 5.41) is 0.766. The Kier molecular flexibility index (Phi) is 6.43. The number of amides is 2. The molecule has 3 aromatic rings. The lowest BCUT2D eigenvalue weighted by Gasteiger charge is -2.42. The Morgan fingerprint density at radius 3 is 2.75 bits per heavy atom. The average Bonchev–Trinajstić information content (AvgIpc) is 3.18. The van der Waals surface area contributed by atoms with Crippen molar-refractivity contribution < 1.29 is 9.59 Å². The van der Waals surface area contributed by atoms with Crippen LogP contribution in [-0.4, -0.2) is 50.7 Å². The molecule has 2 amide bonds. The van der Waals surface area contributed by atoms with Gasteiger partial charge in [-0.3, -0.25) is 9.59 Å². The molecule has 1 fully saturated rings. The van der Waals surface area contributed by atoms with Crippen LogP contribution in [-0.2, 0) is 16.1 Å². The average molecular weight is 470 g/mol. The van der Waals surface area contributed by atoms with Crippen molar-refractivity contribution >= 4 is 57.5 Å². The van der Waals surface area contributed by atoms with Crippen molar-refractivity contribution in [2.75, 3.05) is 18.8 Å². The lowest BCUT2D eigenvalue weighted by molar-refractivity contribution is -0.160. The molecule has 0 unspecified atom stereocenters. The number of aromatic nitrogens is 2. The first-order chi connectivity index (χ1) is 15.3. The van der Waals surface area contributed by atoms with Crippen LogP contribution in [0, 0.1) is 5.92 Å². The van der Waals surface area contributed by atoms with E-state index in [1.165, 1.54) is 17.7 Å². The van der Waals surface area contributed by atoms with Crippen LogP contribution in [0.4, 0.5) is 5.82 Å². The van der Waals surface area contributed by atoms with E-state index >= 15 is 0 Å². The Morgan fingerprint density at radius 1 is 1.22 bits per heavy atom. The molecule has 1 aliphatic heterocycles. The van der Waals surface area contributed by atoms with Gasteiger partial charge in [0.2, 0.25) is 0 Å². The van der Waals surface area contributed by atoms with Crippen LogP contribution in [0.25, 0.3) is 17.0 Å². The smallest absolute Gasteiger partial charge is 0.312 e. The maximum atomic E-state index is 13.1. The highest BCUT2D eigenvalue weighted by molar-refractivity contribution is 7.16. The predicted molar refractivity (Wildman–Crippen MR) is 128 cm³/mol. The van der Waals surface area contributed by atoms with Gasteiger partial charge >= 0.3 is 11.8 Å². The van der Waals surface area contributed by atoms with E-state index in [2.05, 4.69) is 23.8 Å². The van der Waals surface area contributed by atoms with Gasteiger partial charge in [-0.05, 0) is 41.8 Å². The first kappa shape index (κ1) is 22.2. The first-order valence-corrected chi connectivity index (χ1v) is 11.5. The molecule has 166 valence electrons. The summed E-state index contributed by atoms with van der Waals surface area (Å²) < 4.78 is 0.715. The van der Waals surface area contributed by atoms with Gasteiger partial charge in [0, 0.05) is 29.9 Å². The molecule has 2 N–H and O–H groups in total. The molecule has 0 aliphatic carbocycles. The number of nitrogens with two attached hydrogens (primary N) is 1. The number of anilines is 1. The summed E-state index contributed by atoms with van der Waals surface area (Å²) in [6.45, 7) is 5.34. The summed E-state index contributed by atoms with van der Waals surface area (Å²) in [5.41, 5.74) is 7.52. The van der Waals surface area contributed by atoms with Gasteiger partial charge in [0.05, 0.1) is 15.9 Å². The van der Waals surface area contributed by atoms with E-state index < -0.39 is 11.8 Å². The summed E-state index contributed by atoms with van der Waals surface area (Å²) in [7, 11) is 0. The highest BCUT2D eigenvalue weighted by atomic mass is 35.5. The monoisotopic (exact) mass is 469 g/mol. The maximum absolute atomic E-state index is 13.1. The zero-order chi connectivity index (χ0) is 22.8. The summed E-state index contributed by atoms with van der Waals surface area (Å²) in [6.07, 6.45) is 5.24. The number of hydrogen-bond acceptors (Lipinski definition) is 6. The Hall–Kier alpha value is -2.97. The molecule has 9 heteroatoms. The van der Waals surface area contributed by atoms with Gasteiger partial charge in [0.1, 0.15) is 12.1 Å². The van der Waals surface area contributed by atoms with E-state index in [-0.39, 0.29) is 12.0 Å². The number of fused-ring (bicyclic) bond motifs is 1. The highest BCUT2D eigenvalue weighted by Gasteiger charge is 2.39. The van der Waals surface area contributed by atoms with Crippen molar-refractivity contribution in [2.45, 2.75) is 26.4 Å². The predicted octanol–water partition coefficient (Wildman–Crippen LogP) is 3.84. The molecule has 3 heterocycles. The van der Waals surface area contributed by atoms with Crippen LogP contribution in [0.3, 0.4) is 0 Å². The molecule has 0 saturated carbocycles. The number of piperazine rings is 1. The number of nitrogen functional groups attached to an aromatic ring is 1. The Balaban J connectivity index is 1.51. The van der Waals surface area contributed by atoms with Crippen molar-refractivity contribution in [1.82, 2.24) is 19.8 Å². The molecule has 4 rings (SSSR count). The number of hydrogen-bond donors (Lipinski definition) is 1. The molecule has 0 bridgehead atoms. The molecule has 7 nitrogen and oxygen atoms in total. The normalized spacial score (nSPS) is 17.3. The molecule has 32 heavy (non-hydrogen) atoms. The number of carbonyl (C=O) groups is 2. The molecule has 0 spiro atoms. The zero-order valence-corrected chi connectivity index (χ0v) is 19.4. The minimum absolute atomic E-state index is 0.0871. The van der Waals surface area contributed by atoms with E-state index in [0.29, 0.717) is 35.3 Å². The van der Waals surface area contributed by atoms with Crippen molar-refractivity contribution in [2.24, 2.45) is 5.92 Å². The molecule has 1 saturated heterocycles. The Labute approximate surface area is 195 Å². The quantitative estimate of drug-likeness (QED) is 0.554. The molecule has 0 radical (unpaired) electrons. The second-order valence-electron chi connectivity index (χ2n) is 8.11. The van der Waals surface area contributed by atoms with E-state index in [1.54, 1.807) is 9.80 Å². The van der Waals surface area contributed by atoms with Crippen molar-refractivity contribution in [1.29, 1.82) is 0 Å². The zero-order valence-electron chi connectivity index (χ0n) is 17.9. The topological polar surface area (TPSA) is 92.4 Å². The largest absolute Gasteiger partial charge is 0.383 e. The molecule has 1 atom stereocenters. The van der Waals surface area contributed by atoms with E-state index in [1.807, 2.05) is 42.5 Å². The maximum Gasteiger partial charge on any atom is 0.312 e. The molecule has 1 aliphatic rings. The van der Waals surface area contributed by atoms with Crippen molar-refractivity contribution in [3.05, 3.63) is 57.5 Å². The van der Waals surface area contributed by atoms with Gasteiger partial charge in [-0.15, -0.1) is 11.3 Å². The standard InChI is InChI=1S/C23H24ClN5O2S/c1-14(2)19-12-28(9-3-4-16-6-8-20(24)32-16)22(30)23(31)29(19)11-15-5-7-17-18(10-15)26-13-27-21(17)25/h3-8,10,13-14,19H,9,11-12H2,1-2H3,(H2,25,26,27)/t19-/m1/s1. The van der Waals surface area contributed by atoms with Crippen LogP contribution in [0.15, 0.2) is 42.7 Å². The lowest BCUT2D eigenvalue weighted by atomic mass is 9.98. The fraction of sp³-hybridized carbons (Fsp3) is 0.304. The van der Waals surface area contributed by atoms with E-state index in [9.17, 15) is 9.59 Å². The number of carbonyl (C=O) groups excluding carboxylic acids is 2. The lowest BCUT2D eigenvalue weighted by Crippen LogP contribution is -2.60. The van der Waals surface area contributed by atoms with Crippen LogP contribution in [0.5, 0.6) is 0 Å². The van der Waals surface area contributed by atoms with Crippen LogP contribution < -0.4 is 5.73 Å².